The molecule has 1 fully saturated rings. The predicted octanol–water partition coefficient (Wildman–Crippen LogP) is 3.96. The number of aryl methyl sites for hydroxylation is 1. The molecule has 1 saturated heterocycles. The Hall–Kier alpha value is -1.09. The van der Waals surface area contributed by atoms with E-state index in [-0.39, 0.29) is 0 Å². The van der Waals surface area contributed by atoms with Crippen LogP contribution in [0.1, 0.15) is 38.2 Å². The lowest BCUT2D eigenvalue weighted by Gasteiger charge is -2.37. The summed E-state index contributed by atoms with van der Waals surface area (Å²) in [5.41, 5.74) is 2.36. The first-order valence-corrected chi connectivity index (χ1v) is 7.26. The van der Waals surface area contributed by atoms with Gasteiger partial charge in [-0.25, -0.2) is 0 Å². The highest BCUT2D eigenvalue weighted by atomic mass is 32.1. The molecule has 3 heteroatoms. The highest BCUT2D eigenvalue weighted by Gasteiger charge is 2.22. The first kappa shape index (κ1) is 13.3. The Kier molecular flexibility index (Phi) is 4.59. The third-order valence-electron chi connectivity index (χ3n) is 3.63. The van der Waals surface area contributed by atoms with E-state index in [2.05, 4.69) is 48.3 Å². The third-order valence-corrected chi connectivity index (χ3v) is 3.97. The SMILES string of the molecule is CC[C@H]1CCCCN1C(=S)Nc1cccc(C)c1. The molecule has 98 valence electrons. The minimum absolute atomic E-state index is 0.614. The number of nitrogens with zero attached hydrogens (tertiary/aromatic N) is 1. The fourth-order valence-corrected chi connectivity index (χ4v) is 2.97. The molecule has 0 radical (unpaired) electrons. The van der Waals surface area contributed by atoms with Crippen LogP contribution in [0.15, 0.2) is 24.3 Å². The molecule has 2 rings (SSSR count). The molecule has 18 heavy (non-hydrogen) atoms. The van der Waals surface area contributed by atoms with E-state index < -0.39 is 0 Å². The van der Waals surface area contributed by atoms with Crippen LogP contribution in [0.4, 0.5) is 5.69 Å². The standard InChI is InChI=1S/C15H22N2S/c1-3-14-9-4-5-10-17(14)15(18)16-13-8-6-7-12(2)11-13/h6-8,11,14H,3-5,9-10H2,1-2H3,(H,16,18)/t14-/m0/s1. The van der Waals surface area contributed by atoms with Crippen LogP contribution in [-0.4, -0.2) is 22.6 Å². The van der Waals surface area contributed by atoms with E-state index in [4.69, 9.17) is 12.2 Å². The molecule has 0 spiro atoms. The van der Waals surface area contributed by atoms with Crippen molar-refractivity contribution in [3.8, 4) is 0 Å². The van der Waals surface area contributed by atoms with Crippen molar-refractivity contribution in [3.63, 3.8) is 0 Å². The van der Waals surface area contributed by atoms with E-state index in [1.54, 1.807) is 0 Å². The van der Waals surface area contributed by atoms with Crippen molar-refractivity contribution in [1.82, 2.24) is 4.90 Å². The summed E-state index contributed by atoms with van der Waals surface area (Å²) in [4.78, 5) is 2.36. The maximum Gasteiger partial charge on any atom is 0.173 e. The molecular formula is C15H22N2S. The average molecular weight is 262 g/mol. The molecule has 1 atom stereocenters. The topological polar surface area (TPSA) is 15.3 Å². The van der Waals surface area contributed by atoms with Gasteiger partial charge >= 0.3 is 0 Å². The zero-order valence-electron chi connectivity index (χ0n) is 11.3. The Labute approximate surface area is 115 Å². The monoisotopic (exact) mass is 262 g/mol. The number of benzene rings is 1. The molecule has 2 nitrogen and oxygen atoms in total. The van der Waals surface area contributed by atoms with Gasteiger partial charge in [-0.2, -0.15) is 0 Å². The number of hydrogen-bond donors (Lipinski definition) is 1. The Balaban J connectivity index is 2.02. The molecule has 0 saturated carbocycles. The minimum Gasteiger partial charge on any atom is -0.346 e. The maximum atomic E-state index is 5.56. The predicted molar refractivity (Wildman–Crippen MR) is 82.0 cm³/mol. The maximum absolute atomic E-state index is 5.56. The molecule has 1 aromatic carbocycles. The van der Waals surface area contributed by atoms with E-state index >= 15 is 0 Å². The zero-order valence-corrected chi connectivity index (χ0v) is 12.1. The van der Waals surface area contributed by atoms with Crippen molar-refractivity contribution in [2.24, 2.45) is 0 Å². The van der Waals surface area contributed by atoms with Gasteiger partial charge in [0.15, 0.2) is 5.11 Å². The van der Waals surface area contributed by atoms with Gasteiger partial charge in [0.25, 0.3) is 0 Å². The summed E-state index contributed by atoms with van der Waals surface area (Å²) in [7, 11) is 0. The van der Waals surface area contributed by atoms with Gasteiger partial charge in [-0.05, 0) is 62.5 Å². The molecule has 0 amide bonds. The summed E-state index contributed by atoms with van der Waals surface area (Å²) in [6, 6.07) is 8.99. The van der Waals surface area contributed by atoms with Crippen molar-refractivity contribution in [2.45, 2.75) is 45.6 Å². The fourth-order valence-electron chi connectivity index (χ4n) is 2.61. The van der Waals surface area contributed by atoms with Crippen LogP contribution in [0.5, 0.6) is 0 Å². The summed E-state index contributed by atoms with van der Waals surface area (Å²) in [5.74, 6) is 0. The second-order valence-electron chi connectivity index (χ2n) is 5.05. The van der Waals surface area contributed by atoms with Gasteiger partial charge in [-0.3, -0.25) is 0 Å². The Morgan fingerprint density at radius 2 is 2.28 bits per heavy atom. The summed E-state index contributed by atoms with van der Waals surface area (Å²) in [6.45, 7) is 5.44. The number of likely N-dealkylation sites (tertiary alicyclic amines) is 1. The second-order valence-corrected chi connectivity index (χ2v) is 5.44. The van der Waals surface area contributed by atoms with Crippen molar-refractivity contribution >= 4 is 23.0 Å². The largest absolute Gasteiger partial charge is 0.346 e. The van der Waals surface area contributed by atoms with Crippen LogP contribution >= 0.6 is 12.2 Å². The summed E-state index contributed by atoms with van der Waals surface area (Å²) in [6.07, 6.45) is 5.04. The Bertz CT molecular complexity index is 417. The lowest BCUT2D eigenvalue weighted by molar-refractivity contribution is 0.239. The lowest BCUT2D eigenvalue weighted by Crippen LogP contribution is -2.45. The van der Waals surface area contributed by atoms with Gasteiger partial charge in [0.1, 0.15) is 0 Å². The number of anilines is 1. The van der Waals surface area contributed by atoms with Crippen molar-refractivity contribution in [2.75, 3.05) is 11.9 Å². The van der Waals surface area contributed by atoms with Crippen LogP contribution in [0, 0.1) is 6.92 Å². The van der Waals surface area contributed by atoms with Gasteiger partial charge in [-0.1, -0.05) is 19.1 Å². The Morgan fingerprint density at radius 1 is 1.44 bits per heavy atom. The summed E-state index contributed by atoms with van der Waals surface area (Å²) in [5, 5.41) is 4.26. The molecule has 0 aliphatic carbocycles. The molecule has 1 aromatic rings. The Morgan fingerprint density at radius 3 is 3.00 bits per heavy atom. The van der Waals surface area contributed by atoms with Crippen molar-refractivity contribution in [3.05, 3.63) is 29.8 Å². The van der Waals surface area contributed by atoms with Gasteiger partial charge in [-0.15, -0.1) is 0 Å². The van der Waals surface area contributed by atoms with Crippen LogP contribution in [0.2, 0.25) is 0 Å². The molecule has 1 aliphatic rings. The van der Waals surface area contributed by atoms with Gasteiger partial charge in [0.2, 0.25) is 0 Å². The number of rotatable bonds is 2. The quantitative estimate of drug-likeness (QED) is 0.812. The molecular weight excluding hydrogens is 240 g/mol. The van der Waals surface area contributed by atoms with Gasteiger partial charge in [0.05, 0.1) is 0 Å². The van der Waals surface area contributed by atoms with Crippen molar-refractivity contribution in [1.29, 1.82) is 0 Å². The van der Waals surface area contributed by atoms with Gasteiger partial charge < -0.3 is 10.2 Å². The first-order valence-electron chi connectivity index (χ1n) is 6.85. The zero-order chi connectivity index (χ0) is 13.0. The fraction of sp³-hybridized carbons (Fsp3) is 0.533. The van der Waals surface area contributed by atoms with E-state index in [0.29, 0.717) is 6.04 Å². The third kappa shape index (κ3) is 3.22. The number of hydrogen-bond acceptors (Lipinski definition) is 1. The molecule has 1 heterocycles. The summed E-state index contributed by atoms with van der Waals surface area (Å²) < 4.78 is 0. The molecule has 1 aliphatic heterocycles. The van der Waals surface area contributed by atoms with Crippen LogP contribution in [-0.2, 0) is 0 Å². The normalized spacial score (nSPS) is 19.7. The van der Waals surface area contributed by atoms with E-state index in [1.807, 2.05) is 0 Å². The van der Waals surface area contributed by atoms with Gasteiger partial charge in [0, 0.05) is 18.3 Å². The van der Waals surface area contributed by atoms with Crippen LogP contribution in [0.3, 0.4) is 0 Å². The molecule has 0 aromatic heterocycles. The smallest absolute Gasteiger partial charge is 0.173 e. The van der Waals surface area contributed by atoms with Crippen LogP contribution in [0.25, 0.3) is 0 Å². The van der Waals surface area contributed by atoms with Crippen molar-refractivity contribution < 1.29 is 0 Å². The van der Waals surface area contributed by atoms with E-state index in [1.165, 1.54) is 31.2 Å². The second kappa shape index (κ2) is 6.19. The first-order chi connectivity index (χ1) is 8.70. The molecule has 0 bridgehead atoms. The van der Waals surface area contributed by atoms with Crippen LogP contribution < -0.4 is 5.32 Å². The number of piperidine rings is 1. The average Bonchev–Trinajstić information content (AvgIpc) is 2.38. The molecule has 0 unspecified atom stereocenters. The number of nitrogens with one attached hydrogen (secondary N) is 1. The van der Waals surface area contributed by atoms with E-state index in [9.17, 15) is 0 Å². The van der Waals surface area contributed by atoms with E-state index in [0.717, 1.165) is 17.3 Å². The highest BCUT2D eigenvalue weighted by molar-refractivity contribution is 7.80. The highest BCUT2D eigenvalue weighted by Crippen LogP contribution is 2.21. The lowest BCUT2D eigenvalue weighted by atomic mass is 10.0. The molecule has 1 N–H and O–H groups in total. The summed E-state index contributed by atoms with van der Waals surface area (Å²) >= 11 is 5.56. The minimum atomic E-state index is 0.614. The number of thiocarbonyl (C=S) groups is 1.